The molecule has 0 spiro atoms. The van der Waals surface area contributed by atoms with Gasteiger partial charge in [-0.1, -0.05) is 12.1 Å². The summed E-state index contributed by atoms with van der Waals surface area (Å²) in [6, 6.07) is 18.6. The van der Waals surface area contributed by atoms with Crippen LogP contribution in [0.3, 0.4) is 0 Å². The predicted molar refractivity (Wildman–Crippen MR) is 152 cm³/mol. The summed E-state index contributed by atoms with van der Waals surface area (Å²) in [7, 11) is 1.57. The molecule has 9 heteroatoms. The number of pyridine rings is 1. The normalized spacial score (nSPS) is 17.0. The molecule has 1 fully saturated rings. The predicted octanol–water partition coefficient (Wildman–Crippen LogP) is 6.20. The molecule has 2 aromatic heterocycles. The van der Waals surface area contributed by atoms with Crippen LogP contribution in [-0.2, 0) is 0 Å². The number of rotatable bonds is 6. The molecule has 1 aliphatic heterocycles. The summed E-state index contributed by atoms with van der Waals surface area (Å²) in [5.41, 5.74) is 7.78. The molecule has 2 atom stereocenters. The van der Waals surface area contributed by atoms with E-state index in [4.69, 9.17) is 17.0 Å². The number of nitro benzene ring substituents is 1. The van der Waals surface area contributed by atoms with Crippen LogP contribution in [0.4, 0.5) is 11.4 Å². The van der Waals surface area contributed by atoms with Crippen molar-refractivity contribution in [2.45, 2.75) is 39.8 Å². The van der Waals surface area contributed by atoms with Crippen molar-refractivity contribution < 1.29 is 9.66 Å². The number of anilines is 1. The monoisotopic (exact) mass is 527 g/mol. The highest BCUT2D eigenvalue weighted by Gasteiger charge is 2.42. The van der Waals surface area contributed by atoms with Gasteiger partial charge in [0.1, 0.15) is 5.75 Å². The molecular formula is C29H29N5O3S. The number of aromatic nitrogens is 2. The molecule has 1 saturated heterocycles. The topological polar surface area (TPSA) is 85.5 Å². The zero-order valence-electron chi connectivity index (χ0n) is 21.9. The van der Waals surface area contributed by atoms with Crippen molar-refractivity contribution in [3.05, 3.63) is 111 Å². The second kappa shape index (κ2) is 9.90. The number of aryl methyl sites for hydroxylation is 3. The van der Waals surface area contributed by atoms with E-state index in [-0.39, 0.29) is 17.8 Å². The van der Waals surface area contributed by atoms with Crippen molar-refractivity contribution in [3.8, 4) is 11.4 Å². The van der Waals surface area contributed by atoms with E-state index in [1.54, 1.807) is 25.4 Å². The molecule has 0 amide bonds. The summed E-state index contributed by atoms with van der Waals surface area (Å²) >= 11 is 5.90. The minimum absolute atomic E-state index is 0.00156. The van der Waals surface area contributed by atoms with Gasteiger partial charge in [0.25, 0.3) is 5.69 Å². The number of ether oxygens (including phenoxy) is 1. The summed E-state index contributed by atoms with van der Waals surface area (Å²) in [5.74, 6) is 0.552. The Bertz CT molecular complexity index is 1550. The van der Waals surface area contributed by atoms with Crippen LogP contribution in [0.1, 0.15) is 45.9 Å². The maximum atomic E-state index is 11.6. The van der Waals surface area contributed by atoms with E-state index in [1.807, 2.05) is 36.6 Å². The average molecular weight is 528 g/mol. The number of non-ortho nitro benzene ring substituents is 1. The molecule has 4 aromatic rings. The largest absolute Gasteiger partial charge is 0.495 e. The molecule has 1 aliphatic rings. The van der Waals surface area contributed by atoms with E-state index < -0.39 is 4.92 Å². The van der Waals surface area contributed by atoms with Crippen LogP contribution in [0, 0.1) is 37.8 Å². The first kappa shape index (κ1) is 25.4. The molecular weight excluding hydrogens is 498 g/mol. The highest BCUT2D eigenvalue weighted by atomic mass is 32.1. The molecule has 8 nitrogen and oxygen atoms in total. The number of nitrogens with zero attached hydrogens (tertiary/aromatic N) is 4. The minimum Gasteiger partial charge on any atom is -0.495 e. The summed E-state index contributed by atoms with van der Waals surface area (Å²) in [6.45, 7) is 8.20. The van der Waals surface area contributed by atoms with Gasteiger partial charge in [-0.05, 0) is 93.0 Å². The molecule has 0 bridgehead atoms. The number of benzene rings is 2. The van der Waals surface area contributed by atoms with Gasteiger partial charge in [-0.25, -0.2) is 0 Å². The van der Waals surface area contributed by atoms with E-state index in [2.05, 4.69) is 53.3 Å². The molecule has 0 radical (unpaired) electrons. The second-order valence-corrected chi connectivity index (χ2v) is 9.93. The maximum Gasteiger partial charge on any atom is 0.271 e. The molecule has 5 rings (SSSR count). The van der Waals surface area contributed by atoms with Gasteiger partial charge in [0.15, 0.2) is 5.11 Å². The van der Waals surface area contributed by atoms with Crippen molar-refractivity contribution in [1.82, 2.24) is 14.9 Å². The Morgan fingerprint density at radius 2 is 1.82 bits per heavy atom. The molecule has 0 saturated carbocycles. The molecule has 3 heterocycles. The van der Waals surface area contributed by atoms with Crippen LogP contribution < -0.4 is 15.0 Å². The first-order valence-corrected chi connectivity index (χ1v) is 12.7. The number of methoxy groups -OCH3 is 1. The number of hydrogen-bond donors (Lipinski definition) is 1. The van der Waals surface area contributed by atoms with Crippen LogP contribution in [0.5, 0.6) is 5.75 Å². The van der Waals surface area contributed by atoms with Crippen LogP contribution in [0.2, 0.25) is 0 Å². The van der Waals surface area contributed by atoms with E-state index in [9.17, 15) is 10.1 Å². The van der Waals surface area contributed by atoms with Crippen molar-refractivity contribution >= 4 is 28.7 Å². The highest BCUT2D eigenvalue weighted by Crippen LogP contribution is 2.44. The van der Waals surface area contributed by atoms with Gasteiger partial charge in [0.05, 0.1) is 35.5 Å². The van der Waals surface area contributed by atoms with Gasteiger partial charge in [0, 0.05) is 35.4 Å². The smallest absolute Gasteiger partial charge is 0.271 e. The van der Waals surface area contributed by atoms with Crippen LogP contribution in [0.25, 0.3) is 5.69 Å². The minimum atomic E-state index is -0.393. The number of nitro groups is 1. The van der Waals surface area contributed by atoms with Crippen LogP contribution >= 0.6 is 12.2 Å². The Morgan fingerprint density at radius 3 is 2.47 bits per heavy atom. The molecule has 0 aliphatic carbocycles. The van der Waals surface area contributed by atoms with Gasteiger partial charge < -0.3 is 19.5 Å². The Hall–Kier alpha value is -4.24. The van der Waals surface area contributed by atoms with Gasteiger partial charge in [-0.3, -0.25) is 15.1 Å². The Labute approximate surface area is 227 Å². The van der Waals surface area contributed by atoms with Crippen molar-refractivity contribution in [2.75, 3.05) is 12.0 Å². The van der Waals surface area contributed by atoms with E-state index in [0.29, 0.717) is 16.5 Å². The molecule has 1 N–H and O–H groups in total. The van der Waals surface area contributed by atoms with Gasteiger partial charge in [-0.2, -0.15) is 0 Å². The Balaban J connectivity index is 1.71. The fourth-order valence-electron chi connectivity index (χ4n) is 5.25. The zero-order valence-corrected chi connectivity index (χ0v) is 22.7. The van der Waals surface area contributed by atoms with E-state index >= 15 is 0 Å². The lowest BCUT2D eigenvalue weighted by Crippen LogP contribution is -2.29. The van der Waals surface area contributed by atoms with E-state index in [0.717, 1.165) is 28.3 Å². The summed E-state index contributed by atoms with van der Waals surface area (Å²) in [4.78, 5) is 18.0. The number of hydrogen-bond acceptors (Lipinski definition) is 5. The maximum absolute atomic E-state index is 11.6. The first-order valence-electron chi connectivity index (χ1n) is 12.3. The molecule has 194 valence electrons. The van der Waals surface area contributed by atoms with Crippen molar-refractivity contribution in [3.63, 3.8) is 0 Å². The lowest BCUT2D eigenvalue weighted by Gasteiger charge is -2.28. The second-order valence-electron chi connectivity index (χ2n) is 9.54. The fourth-order valence-corrected chi connectivity index (χ4v) is 5.59. The summed E-state index contributed by atoms with van der Waals surface area (Å²) in [5, 5.41) is 15.7. The fraction of sp³-hybridized carbons (Fsp3) is 0.241. The zero-order chi connectivity index (χ0) is 27.1. The third-order valence-corrected chi connectivity index (χ3v) is 7.58. The standard InChI is InChI=1S/C29H29N5O3S/c1-17-9-10-21(14-18(17)2)33-28(27(31-29(33)38)24-8-6-7-13-30-24)23-15-19(3)32(20(23)4)25-16-22(34(35)36)11-12-26(25)37-5/h6-16,27-28H,1-5H3,(H,31,38)/t27-,28-/m1/s1. The molecule has 38 heavy (non-hydrogen) atoms. The average Bonchev–Trinajstić information content (AvgIpc) is 3.40. The van der Waals surface area contributed by atoms with Gasteiger partial charge in [0.2, 0.25) is 0 Å². The number of nitrogens with one attached hydrogen (secondary N) is 1. The van der Waals surface area contributed by atoms with E-state index in [1.165, 1.54) is 17.2 Å². The molecule has 2 aromatic carbocycles. The summed E-state index contributed by atoms with van der Waals surface area (Å²) < 4.78 is 7.62. The van der Waals surface area contributed by atoms with Crippen LogP contribution in [0.15, 0.2) is 66.9 Å². The van der Waals surface area contributed by atoms with Gasteiger partial charge in [-0.15, -0.1) is 0 Å². The Morgan fingerprint density at radius 1 is 1.03 bits per heavy atom. The third-order valence-electron chi connectivity index (χ3n) is 7.27. The SMILES string of the molecule is COc1ccc([N+](=O)[O-])cc1-n1c(C)cc([C@@H]2[C@@H](c3ccccn3)NC(=S)N2c2ccc(C)c(C)c2)c1C. The summed E-state index contributed by atoms with van der Waals surface area (Å²) in [6.07, 6.45) is 1.78. The highest BCUT2D eigenvalue weighted by molar-refractivity contribution is 7.80. The first-order chi connectivity index (χ1) is 18.2. The lowest BCUT2D eigenvalue weighted by molar-refractivity contribution is -0.384. The molecule has 0 unspecified atom stereocenters. The van der Waals surface area contributed by atoms with Gasteiger partial charge >= 0.3 is 0 Å². The number of thiocarbonyl (C=S) groups is 1. The quantitative estimate of drug-likeness (QED) is 0.182. The van der Waals surface area contributed by atoms with Crippen molar-refractivity contribution in [1.29, 1.82) is 0 Å². The third kappa shape index (κ3) is 4.28. The van der Waals surface area contributed by atoms with Crippen molar-refractivity contribution in [2.24, 2.45) is 0 Å². The lowest BCUT2D eigenvalue weighted by atomic mass is 9.96. The Kier molecular flexibility index (Phi) is 6.62. The van der Waals surface area contributed by atoms with Crippen LogP contribution in [-0.4, -0.2) is 26.7 Å².